The first-order valence-electron chi connectivity index (χ1n) is 5.68. The molecule has 0 radical (unpaired) electrons. The molecule has 1 saturated heterocycles. The normalized spacial score (nSPS) is 23.1. The summed E-state index contributed by atoms with van der Waals surface area (Å²) >= 11 is 0. The molecule has 1 aliphatic heterocycles. The van der Waals surface area contributed by atoms with E-state index in [-0.39, 0.29) is 28.9 Å². The van der Waals surface area contributed by atoms with Crippen LogP contribution in [0, 0.1) is 5.82 Å². The van der Waals surface area contributed by atoms with Crippen molar-refractivity contribution in [2.24, 2.45) is 0 Å². The zero-order valence-electron chi connectivity index (χ0n) is 9.89. The minimum absolute atomic E-state index is 0.0647. The van der Waals surface area contributed by atoms with Gasteiger partial charge in [0.1, 0.15) is 5.82 Å². The fourth-order valence-electron chi connectivity index (χ4n) is 2.08. The molecule has 2 unspecified atom stereocenters. The van der Waals surface area contributed by atoms with Crippen molar-refractivity contribution in [1.29, 1.82) is 0 Å². The number of hydrogen-bond acceptors (Lipinski definition) is 3. The summed E-state index contributed by atoms with van der Waals surface area (Å²) in [6.45, 7) is 0. The van der Waals surface area contributed by atoms with Gasteiger partial charge in [-0.05, 0) is 30.0 Å². The molecule has 7 heteroatoms. The molecule has 102 valence electrons. The minimum atomic E-state index is -1.45. The summed E-state index contributed by atoms with van der Waals surface area (Å²) in [5.41, 5.74) is 0.500. The van der Waals surface area contributed by atoms with Gasteiger partial charge in [0.2, 0.25) is 5.12 Å². The highest BCUT2D eigenvalue weighted by molar-refractivity contribution is 8.00. The summed E-state index contributed by atoms with van der Waals surface area (Å²) in [7, 11) is -1.45. The fourth-order valence-corrected chi connectivity index (χ4v) is 3.20. The minimum Gasteiger partial charge on any atom is -0.465 e. The first-order valence-corrected chi connectivity index (χ1v) is 7.00. The highest BCUT2D eigenvalue weighted by Gasteiger charge is 2.28. The molecule has 1 aliphatic rings. The third-order valence-electron chi connectivity index (χ3n) is 3.01. The summed E-state index contributed by atoms with van der Waals surface area (Å²) in [6, 6.07) is 3.99. The van der Waals surface area contributed by atoms with Crippen LogP contribution in [-0.2, 0) is 15.6 Å². The van der Waals surface area contributed by atoms with Crippen LogP contribution in [0.3, 0.4) is 0 Å². The van der Waals surface area contributed by atoms with Gasteiger partial charge in [0, 0.05) is 17.9 Å². The zero-order valence-corrected chi connectivity index (χ0v) is 10.7. The van der Waals surface area contributed by atoms with Crippen LogP contribution >= 0.6 is 0 Å². The lowest BCUT2D eigenvalue weighted by Crippen LogP contribution is -2.23. The SMILES string of the molecule is O=C(O)Nc1ccc(C2CCS(=O)C(=O)C2)c(F)c1. The Hall–Kier alpha value is -1.76. The van der Waals surface area contributed by atoms with E-state index in [9.17, 15) is 18.2 Å². The van der Waals surface area contributed by atoms with Crippen LogP contribution in [0.1, 0.15) is 24.3 Å². The number of amides is 1. The highest BCUT2D eigenvalue weighted by atomic mass is 32.2. The topological polar surface area (TPSA) is 83.5 Å². The van der Waals surface area contributed by atoms with Gasteiger partial charge >= 0.3 is 6.09 Å². The molecule has 5 nitrogen and oxygen atoms in total. The van der Waals surface area contributed by atoms with Gasteiger partial charge in [0.15, 0.2) is 0 Å². The molecule has 1 aromatic rings. The Labute approximate surface area is 111 Å². The summed E-state index contributed by atoms with van der Waals surface area (Å²) in [6.07, 6.45) is -0.716. The van der Waals surface area contributed by atoms with Crippen molar-refractivity contribution in [2.45, 2.75) is 18.8 Å². The third kappa shape index (κ3) is 3.17. The van der Waals surface area contributed by atoms with E-state index < -0.39 is 22.7 Å². The number of benzene rings is 1. The molecule has 2 N–H and O–H groups in total. The van der Waals surface area contributed by atoms with E-state index >= 15 is 0 Å². The molecule has 1 fully saturated rings. The van der Waals surface area contributed by atoms with Crippen molar-refractivity contribution in [1.82, 2.24) is 0 Å². The second-order valence-corrected chi connectivity index (χ2v) is 5.83. The molecule has 2 atom stereocenters. The molecule has 19 heavy (non-hydrogen) atoms. The van der Waals surface area contributed by atoms with Gasteiger partial charge in [-0.2, -0.15) is 0 Å². The van der Waals surface area contributed by atoms with Gasteiger partial charge in [0.05, 0.1) is 10.8 Å². The van der Waals surface area contributed by atoms with Gasteiger partial charge < -0.3 is 5.11 Å². The van der Waals surface area contributed by atoms with E-state index in [1.807, 2.05) is 0 Å². The second kappa shape index (κ2) is 5.48. The van der Waals surface area contributed by atoms with Gasteiger partial charge in [-0.25, -0.2) is 9.18 Å². The van der Waals surface area contributed by atoms with E-state index in [4.69, 9.17) is 5.11 Å². The maximum Gasteiger partial charge on any atom is 0.409 e. The standard InChI is InChI=1S/C12H12FNO4S/c13-10-6-8(14-12(16)17)1-2-9(10)7-3-4-19(18)11(15)5-7/h1-2,6-7,14H,3-5H2,(H,16,17). The van der Waals surface area contributed by atoms with Crippen molar-refractivity contribution < 1.29 is 23.3 Å². The summed E-state index contributed by atoms with van der Waals surface area (Å²) in [5.74, 6) is -0.598. The Morgan fingerprint density at radius 3 is 2.79 bits per heavy atom. The van der Waals surface area contributed by atoms with Gasteiger partial charge in [-0.3, -0.25) is 14.3 Å². The van der Waals surface area contributed by atoms with Crippen LogP contribution in [-0.4, -0.2) is 26.3 Å². The maximum absolute atomic E-state index is 13.9. The van der Waals surface area contributed by atoms with E-state index in [2.05, 4.69) is 5.32 Å². The largest absolute Gasteiger partial charge is 0.465 e. The molecule has 0 aromatic heterocycles. The number of halogens is 1. The Balaban J connectivity index is 2.19. The number of rotatable bonds is 2. The van der Waals surface area contributed by atoms with Crippen LogP contribution in [0.25, 0.3) is 0 Å². The molecule has 0 saturated carbocycles. The molecule has 0 bridgehead atoms. The first kappa shape index (κ1) is 13.7. The highest BCUT2D eigenvalue weighted by Crippen LogP contribution is 2.31. The summed E-state index contributed by atoms with van der Waals surface area (Å²) in [5, 5.41) is 10.2. The average molecular weight is 285 g/mol. The van der Waals surface area contributed by atoms with Crippen molar-refractivity contribution in [2.75, 3.05) is 11.1 Å². The molecule has 2 rings (SSSR count). The molecule has 0 aliphatic carbocycles. The number of nitrogens with one attached hydrogen (secondary N) is 1. The lowest BCUT2D eigenvalue weighted by Gasteiger charge is -2.21. The number of carbonyl (C=O) groups excluding carboxylic acids is 1. The van der Waals surface area contributed by atoms with E-state index in [1.165, 1.54) is 12.1 Å². The van der Waals surface area contributed by atoms with Crippen molar-refractivity contribution in [3.05, 3.63) is 29.6 Å². The number of carbonyl (C=O) groups is 2. The van der Waals surface area contributed by atoms with Gasteiger partial charge in [-0.1, -0.05) is 6.07 Å². The molecular formula is C12H12FNO4S. The van der Waals surface area contributed by atoms with E-state index in [1.54, 1.807) is 0 Å². The summed E-state index contributed by atoms with van der Waals surface area (Å²) < 4.78 is 25.1. The van der Waals surface area contributed by atoms with Crippen LogP contribution < -0.4 is 5.32 Å². The average Bonchev–Trinajstić information content (AvgIpc) is 2.32. The monoisotopic (exact) mass is 285 g/mol. The Bertz CT molecular complexity index is 561. The van der Waals surface area contributed by atoms with E-state index in [0.717, 1.165) is 6.07 Å². The second-order valence-electron chi connectivity index (χ2n) is 4.28. The van der Waals surface area contributed by atoms with Crippen molar-refractivity contribution in [3.8, 4) is 0 Å². The van der Waals surface area contributed by atoms with Crippen molar-refractivity contribution in [3.63, 3.8) is 0 Å². The Morgan fingerprint density at radius 2 is 2.21 bits per heavy atom. The van der Waals surface area contributed by atoms with Crippen LogP contribution in [0.2, 0.25) is 0 Å². The Morgan fingerprint density at radius 1 is 1.47 bits per heavy atom. The number of hydrogen-bond donors (Lipinski definition) is 2. The van der Waals surface area contributed by atoms with Crippen LogP contribution in [0.4, 0.5) is 14.9 Å². The number of anilines is 1. The third-order valence-corrected chi connectivity index (χ3v) is 4.29. The zero-order chi connectivity index (χ0) is 14.0. The van der Waals surface area contributed by atoms with Crippen LogP contribution in [0.15, 0.2) is 18.2 Å². The molecule has 0 spiro atoms. The molecular weight excluding hydrogens is 273 g/mol. The Kier molecular flexibility index (Phi) is 3.94. The summed E-state index contributed by atoms with van der Waals surface area (Å²) in [4.78, 5) is 21.8. The molecule has 1 aromatic carbocycles. The maximum atomic E-state index is 13.9. The predicted octanol–water partition coefficient (Wildman–Crippen LogP) is 2.07. The molecule has 1 heterocycles. The lowest BCUT2D eigenvalue weighted by molar-refractivity contribution is -0.112. The van der Waals surface area contributed by atoms with Gasteiger partial charge in [-0.15, -0.1) is 0 Å². The van der Waals surface area contributed by atoms with Crippen molar-refractivity contribution >= 4 is 27.7 Å². The van der Waals surface area contributed by atoms with E-state index in [0.29, 0.717) is 12.0 Å². The lowest BCUT2D eigenvalue weighted by atomic mass is 9.92. The number of carboxylic acid groups (broad SMARTS) is 1. The predicted molar refractivity (Wildman–Crippen MR) is 68.0 cm³/mol. The quantitative estimate of drug-likeness (QED) is 0.871. The van der Waals surface area contributed by atoms with Crippen LogP contribution in [0.5, 0.6) is 0 Å². The smallest absolute Gasteiger partial charge is 0.409 e. The first-order chi connectivity index (χ1) is 8.97. The molecule has 1 amide bonds. The fraction of sp³-hybridized carbons (Fsp3) is 0.333. The van der Waals surface area contributed by atoms with Gasteiger partial charge in [0.25, 0.3) is 0 Å².